The summed E-state index contributed by atoms with van der Waals surface area (Å²) in [6.45, 7) is 6.22. The Labute approximate surface area is 140 Å². The Kier molecular flexibility index (Phi) is 4.55. The maximum atomic E-state index is 12.8. The van der Waals surface area contributed by atoms with Crippen LogP contribution in [0.25, 0.3) is 0 Å². The topological polar surface area (TPSA) is 63.6 Å². The van der Waals surface area contributed by atoms with Crippen molar-refractivity contribution in [3.63, 3.8) is 0 Å². The van der Waals surface area contributed by atoms with Crippen molar-refractivity contribution < 1.29 is 9.53 Å². The fourth-order valence-electron chi connectivity index (χ4n) is 2.86. The maximum Gasteiger partial charge on any atom is 0.278 e. The number of nitrogens with zero attached hydrogens (tertiary/aromatic N) is 2. The third-order valence-corrected chi connectivity index (χ3v) is 4.09. The first-order valence-corrected chi connectivity index (χ1v) is 8.04. The highest BCUT2D eigenvalue weighted by atomic mass is 16.5. The first-order chi connectivity index (χ1) is 11.6. The van der Waals surface area contributed by atoms with E-state index in [-0.39, 0.29) is 35.6 Å². The van der Waals surface area contributed by atoms with Crippen LogP contribution in [-0.4, -0.2) is 34.8 Å². The van der Waals surface area contributed by atoms with Gasteiger partial charge in [-0.15, -0.1) is 6.58 Å². The molecule has 1 N–H and O–H groups in total. The molecule has 0 radical (unpaired) electrons. The Balaban J connectivity index is 1.93. The third kappa shape index (κ3) is 2.99. The van der Waals surface area contributed by atoms with Gasteiger partial charge in [0, 0.05) is 18.8 Å². The lowest BCUT2D eigenvalue weighted by molar-refractivity contribution is 0.0674. The molecular formula is C18H21N3O3. The molecule has 2 aliphatic rings. The minimum Gasteiger partial charge on any atom is -0.483 e. The van der Waals surface area contributed by atoms with Crippen LogP contribution in [-0.2, 0) is 0 Å². The zero-order valence-corrected chi connectivity index (χ0v) is 13.7. The van der Waals surface area contributed by atoms with E-state index in [4.69, 9.17) is 4.74 Å². The summed E-state index contributed by atoms with van der Waals surface area (Å²) in [6, 6.07) is 1.40. The number of hydrogen-bond donors (Lipinski definition) is 1. The molecule has 6 nitrogen and oxygen atoms in total. The summed E-state index contributed by atoms with van der Waals surface area (Å²) >= 11 is 0. The van der Waals surface area contributed by atoms with Gasteiger partial charge in [-0.1, -0.05) is 24.3 Å². The van der Waals surface area contributed by atoms with Crippen LogP contribution >= 0.6 is 0 Å². The molecular weight excluding hydrogens is 306 g/mol. The lowest BCUT2D eigenvalue weighted by Gasteiger charge is -2.36. The van der Waals surface area contributed by atoms with Gasteiger partial charge in [0.15, 0.2) is 11.4 Å². The van der Waals surface area contributed by atoms with E-state index in [1.807, 2.05) is 13.0 Å². The van der Waals surface area contributed by atoms with Gasteiger partial charge in [-0.05, 0) is 25.3 Å². The highest BCUT2D eigenvalue weighted by molar-refractivity contribution is 5.96. The van der Waals surface area contributed by atoms with E-state index in [9.17, 15) is 9.59 Å². The second kappa shape index (κ2) is 6.78. The standard InChI is InChI=1S/C18H21N3O3/c1-3-10-20-13(2)19-21-11-9-15(22)17(16(21)18(20)23)24-12-14-7-5-4-6-8-14/h3,5,7-9,11,13,19H,1,4,6,10,12H2,2H3. The second-order valence-corrected chi connectivity index (χ2v) is 5.83. The van der Waals surface area contributed by atoms with Gasteiger partial charge in [0.2, 0.25) is 5.43 Å². The molecule has 24 heavy (non-hydrogen) atoms. The van der Waals surface area contributed by atoms with Crippen molar-refractivity contribution in [1.82, 2.24) is 9.58 Å². The Morgan fingerprint density at radius 3 is 2.96 bits per heavy atom. The zero-order chi connectivity index (χ0) is 17.1. The molecule has 0 spiro atoms. The molecule has 6 heteroatoms. The van der Waals surface area contributed by atoms with Gasteiger partial charge in [0.1, 0.15) is 12.8 Å². The number of rotatable bonds is 5. The molecule has 1 amide bonds. The summed E-state index contributed by atoms with van der Waals surface area (Å²) in [6.07, 6.45) is 11.1. The van der Waals surface area contributed by atoms with E-state index in [0.29, 0.717) is 6.54 Å². The average Bonchev–Trinajstić information content (AvgIpc) is 2.59. The van der Waals surface area contributed by atoms with Crippen molar-refractivity contribution in [3.05, 3.63) is 64.6 Å². The Morgan fingerprint density at radius 1 is 1.42 bits per heavy atom. The predicted octanol–water partition coefficient (Wildman–Crippen LogP) is 2.03. The van der Waals surface area contributed by atoms with Crippen LogP contribution in [0.1, 0.15) is 30.3 Å². The van der Waals surface area contributed by atoms with Crippen molar-refractivity contribution in [3.8, 4) is 5.75 Å². The molecule has 1 aromatic rings. The van der Waals surface area contributed by atoms with Crippen molar-refractivity contribution >= 4 is 5.91 Å². The number of fused-ring (bicyclic) bond motifs is 1. The number of aromatic nitrogens is 1. The molecule has 1 aliphatic heterocycles. The van der Waals surface area contributed by atoms with Gasteiger partial charge in [-0.3, -0.25) is 14.3 Å². The Bertz CT molecular complexity index is 776. The third-order valence-electron chi connectivity index (χ3n) is 4.09. The number of allylic oxidation sites excluding steroid dienone is 2. The van der Waals surface area contributed by atoms with Crippen LogP contribution in [0.3, 0.4) is 0 Å². The number of amides is 1. The van der Waals surface area contributed by atoms with Gasteiger partial charge in [-0.25, -0.2) is 0 Å². The quantitative estimate of drug-likeness (QED) is 0.841. The molecule has 0 saturated heterocycles. The van der Waals surface area contributed by atoms with Crippen LogP contribution < -0.4 is 15.6 Å². The number of carbonyl (C=O) groups excluding carboxylic acids is 1. The summed E-state index contributed by atoms with van der Waals surface area (Å²) in [5, 5.41) is 0. The largest absolute Gasteiger partial charge is 0.483 e. The van der Waals surface area contributed by atoms with Crippen LogP contribution in [0.4, 0.5) is 0 Å². The van der Waals surface area contributed by atoms with Gasteiger partial charge >= 0.3 is 0 Å². The summed E-state index contributed by atoms with van der Waals surface area (Å²) in [5.74, 6) is -0.169. The smallest absolute Gasteiger partial charge is 0.278 e. The molecule has 1 unspecified atom stereocenters. The van der Waals surface area contributed by atoms with E-state index >= 15 is 0 Å². The summed E-state index contributed by atoms with van der Waals surface area (Å²) in [5.41, 5.74) is 4.09. The van der Waals surface area contributed by atoms with Crippen molar-refractivity contribution in [1.29, 1.82) is 0 Å². The predicted molar refractivity (Wildman–Crippen MR) is 92.7 cm³/mol. The number of pyridine rings is 1. The number of carbonyl (C=O) groups is 1. The second-order valence-electron chi connectivity index (χ2n) is 5.83. The van der Waals surface area contributed by atoms with E-state index < -0.39 is 0 Å². The fourth-order valence-corrected chi connectivity index (χ4v) is 2.86. The molecule has 3 rings (SSSR count). The summed E-state index contributed by atoms with van der Waals surface area (Å²) < 4.78 is 7.30. The van der Waals surface area contributed by atoms with Gasteiger partial charge < -0.3 is 15.1 Å². The van der Waals surface area contributed by atoms with Crippen LogP contribution in [0.15, 0.2) is 53.5 Å². The molecule has 0 bridgehead atoms. The molecule has 2 heterocycles. The first-order valence-electron chi connectivity index (χ1n) is 8.04. The van der Waals surface area contributed by atoms with Gasteiger partial charge in [0.25, 0.3) is 5.91 Å². The molecule has 126 valence electrons. The minimum absolute atomic E-state index is 0.0795. The molecule has 1 aromatic heterocycles. The Morgan fingerprint density at radius 2 is 2.25 bits per heavy atom. The number of hydrogen-bond acceptors (Lipinski definition) is 4. The number of nitrogens with one attached hydrogen (secondary N) is 1. The SMILES string of the molecule is C=CCN1C(=O)c2c(OCC3=CCCC=C3)c(=O)ccn2NC1C. The van der Waals surface area contributed by atoms with E-state index in [0.717, 1.165) is 18.4 Å². The maximum absolute atomic E-state index is 12.8. The highest BCUT2D eigenvalue weighted by Crippen LogP contribution is 2.21. The fraction of sp³-hybridized carbons (Fsp3) is 0.333. The molecule has 0 aromatic carbocycles. The monoisotopic (exact) mass is 327 g/mol. The van der Waals surface area contributed by atoms with Crippen molar-refractivity contribution in [2.45, 2.75) is 25.9 Å². The van der Waals surface area contributed by atoms with Gasteiger partial charge in [-0.2, -0.15) is 0 Å². The van der Waals surface area contributed by atoms with E-state index in [2.05, 4.69) is 24.2 Å². The van der Waals surface area contributed by atoms with Crippen LogP contribution in [0, 0.1) is 0 Å². The lowest BCUT2D eigenvalue weighted by atomic mass is 10.1. The zero-order valence-electron chi connectivity index (χ0n) is 13.7. The van der Waals surface area contributed by atoms with E-state index in [1.54, 1.807) is 21.8 Å². The van der Waals surface area contributed by atoms with E-state index in [1.165, 1.54) is 6.07 Å². The number of ether oxygens (including phenoxy) is 1. The molecule has 0 fully saturated rings. The summed E-state index contributed by atoms with van der Waals surface area (Å²) in [4.78, 5) is 26.7. The molecule has 1 atom stereocenters. The normalized spacial score (nSPS) is 19.4. The molecule has 1 aliphatic carbocycles. The van der Waals surface area contributed by atoms with Crippen LogP contribution in [0.2, 0.25) is 0 Å². The Hall–Kier alpha value is -2.76. The average molecular weight is 327 g/mol. The van der Waals surface area contributed by atoms with Crippen molar-refractivity contribution in [2.24, 2.45) is 0 Å². The summed E-state index contributed by atoms with van der Waals surface area (Å²) in [7, 11) is 0. The lowest BCUT2D eigenvalue weighted by Crippen LogP contribution is -2.52. The van der Waals surface area contributed by atoms with Crippen LogP contribution in [0.5, 0.6) is 5.75 Å². The minimum atomic E-state index is -0.301. The highest BCUT2D eigenvalue weighted by Gasteiger charge is 2.32. The van der Waals surface area contributed by atoms with Gasteiger partial charge in [0.05, 0.1) is 0 Å². The molecule has 0 saturated carbocycles. The van der Waals surface area contributed by atoms with Crippen molar-refractivity contribution in [2.75, 3.05) is 18.6 Å². The first kappa shape index (κ1) is 16.1.